The van der Waals surface area contributed by atoms with E-state index in [0.29, 0.717) is 17.5 Å². The van der Waals surface area contributed by atoms with Gasteiger partial charge in [0.1, 0.15) is 6.04 Å². The molecule has 1 aliphatic rings. The molecule has 0 aliphatic carbocycles. The summed E-state index contributed by atoms with van der Waals surface area (Å²) in [5.41, 5.74) is 0.623. The fourth-order valence-electron chi connectivity index (χ4n) is 2.79. The third kappa shape index (κ3) is 3.12. The molecule has 130 valence electrons. The van der Waals surface area contributed by atoms with Crippen LogP contribution in [0.2, 0.25) is 0 Å². The molecule has 9 nitrogen and oxygen atoms in total. The first-order chi connectivity index (χ1) is 11.9. The number of carbonyl (C=O) groups is 3. The molecule has 2 aromatic rings. The van der Waals surface area contributed by atoms with E-state index in [2.05, 4.69) is 20.7 Å². The predicted molar refractivity (Wildman–Crippen MR) is 87.6 cm³/mol. The van der Waals surface area contributed by atoms with Crippen LogP contribution in [0.25, 0.3) is 0 Å². The molecule has 0 saturated carbocycles. The van der Waals surface area contributed by atoms with E-state index in [-0.39, 0.29) is 11.9 Å². The average Bonchev–Trinajstić information content (AvgIpc) is 3.08. The van der Waals surface area contributed by atoms with Gasteiger partial charge in [0.05, 0.1) is 18.2 Å². The Kier molecular flexibility index (Phi) is 4.30. The van der Waals surface area contributed by atoms with Gasteiger partial charge in [-0.1, -0.05) is 31.1 Å². The van der Waals surface area contributed by atoms with Gasteiger partial charge < -0.3 is 0 Å². The van der Waals surface area contributed by atoms with Gasteiger partial charge in [-0.2, -0.15) is 4.80 Å². The molecule has 0 fully saturated rings. The molecule has 9 heteroatoms. The average molecular weight is 342 g/mol. The summed E-state index contributed by atoms with van der Waals surface area (Å²) in [4.78, 5) is 40.3. The number of benzene rings is 1. The highest BCUT2D eigenvalue weighted by molar-refractivity contribution is 6.23. The predicted octanol–water partition coefficient (Wildman–Crippen LogP) is 0.859. The van der Waals surface area contributed by atoms with Crippen molar-refractivity contribution in [3.8, 4) is 0 Å². The number of nitrogens with one attached hydrogen (secondary N) is 1. The molecule has 0 bridgehead atoms. The topological polar surface area (TPSA) is 110 Å². The quantitative estimate of drug-likeness (QED) is 0.807. The number of aryl methyl sites for hydroxylation is 1. The third-order valence-corrected chi connectivity index (χ3v) is 3.88. The number of nitrogens with zero attached hydrogens (tertiary/aromatic N) is 5. The van der Waals surface area contributed by atoms with Gasteiger partial charge in [-0.15, -0.1) is 5.10 Å². The van der Waals surface area contributed by atoms with Crippen LogP contribution < -0.4 is 5.32 Å². The first kappa shape index (κ1) is 16.7. The number of aromatic nitrogens is 4. The zero-order valence-electron chi connectivity index (χ0n) is 14.1. The Balaban J connectivity index is 1.90. The van der Waals surface area contributed by atoms with Gasteiger partial charge in [-0.05, 0) is 29.7 Å². The molecule has 0 radical (unpaired) electrons. The van der Waals surface area contributed by atoms with Crippen LogP contribution in [0.4, 0.5) is 5.95 Å². The number of tetrazole rings is 1. The molecule has 1 N–H and O–H groups in total. The van der Waals surface area contributed by atoms with Crippen LogP contribution >= 0.6 is 0 Å². The number of anilines is 1. The third-order valence-electron chi connectivity index (χ3n) is 3.88. The molecule has 0 spiro atoms. The van der Waals surface area contributed by atoms with Gasteiger partial charge in [0.15, 0.2) is 0 Å². The number of hydrogen-bond acceptors (Lipinski definition) is 6. The summed E-state index contributed by atoms with van der Waals surface area (Å²) >= 11 is 0. The van der Waals surface area contributed by atoms with Gasteiger partial charge in [0.2, 0.25) is 5.91 Å². The van der Waals surface area contributed by atoms with Crippen molar-refractivity contribution >= 4 is 23.7 Å². The van der Waals surface area contributed by atoms with E-state index in [1.807, 2.05) is 13.8 Å². The Hall–Kier alpha value is -3.10. The Bertz CT molecular complexity index is 809. The molecule has 3 rings (SSSR count). The van der Waals surface area contributed by atoms with Gasteiger partial charge >= 0.3 is 0 Å². The second-order valence-corrected chi connectivity index (χ2v) is 6.26. The Labute approximate surface area is 144 Å². The van der Waals surface area contributed by atoms with Crippen molar-refractivity contribution in [3.63, 3.8) is 0 Å². The first-order valence-electron chi connectivity index (χ1n) is 7.90. The Morgan fingerprint density at radius 3 is 2.24 bits per heavy atom. The molecule has 1 aliphatic heterocycles. The highest BCUT2D eigenvalue weighted by Crippen LogP contribution is 2.27. The molecule has 1 unspecified atom stereocenters. The van der Waals surface area contributed by atoms with E-state index in [1.54, 1.807) is 31.3 Å². The summed E-state index contributed by atoms with van der Waals surface area (Å²) in [6.07, 6.45) is 0.331. The number of fused-ring (bicyclic) bond motifs is 1. The van der Waals surface area contributed by atoms with Gasteiger partial charge in [-0.3, -0.25) is 24.6 Å². The normalized spacial score (nSPS) is 14.8. The van der Waals surface area contributed by atoms with Crippen molar-refractivity contribution in [1.29, 1.82) is 0 Å². The van der Waals surface area contributed by atoms with Crippen LogP contribution in [0.5, 0.6) is 0 Å². The van der Waals surface area contributed by atoms with Crippen LogP contribution in [0.15, 0.2) is 24.3 Å². The van der Waals surface area contributed by atoms with E-state index in [4.69, 9.17) is 0 Å². The van der Waals surface area contributed by atoms with Crippen molar-refractivity contribution < 1.29 is 14.4 Å². The van der Waals surface area contributed by atoms with E-state index in [1.165, 1.54) is 4.80 Å². The first-order valence-corrected chi connectivity index (χ1v) is 7.90. The summed E-state index contributed by atoms with van der Waals surface area (Å²) in [5, 5.41) is 13.8. The maximum absolute atomic E-state index is 12.7. The van der Waals surface area contributed by atoms with E-state index in [0.717, 1.165) is 4.90 Å². The number of rotatable bonds is 5. The second kappa shape index (κ2) is 6.42. The van der Waals surface area contributed by atoms with Crippen molar-refractivity contribution in [2.24, 2.45) is 13.0 Å². The highest BCUT2D eigenvalue weighted by Gasteiger charge is 2.42. The number of carbonyl (C=O) groups excluding carboxylic acids is 3. The minimum atomic E-state index is -0.948. The molecule has 1 aromatic carbocycles. The van der Waals surface area contributed by atoms with Crippen LogP contribution in [0, 0.1) is 5.92 Å². The maximum atomic E-state index is 12.7. The van der Waals surface area contributed by atoms with E-state index >= 15 is 0 Å². The Morgan fingerprint density at radius 1 is 1.16 bits per heavy atom. The lowest BCUT2D eigenvalue weighted by atomic mass is 10.0. The minimum Gasteiger partial charge on any atom is -0.290 e. The molecule has 2 heterocycles. The van der Waals surface area contributed by atoms with Crippen molar-refractivity contribution in [3.05, 3.63) is 35.4 Å². The summed E-state index contributed by atoms with van der Waals surface area (Å²) in [6, 6.07) is 5.60. The van der Waals surface area contributed by atoms with Crippen molar-refractivity contribution in [2.45, 2.75) is 26.3 Å². The smallest absolute Gasteiger partial charge is 0.270 e. The number of hydrogen-bond donors (Lipinski definition) is 1. The molecule has 0 saturated heterocycles. The zero-order valence-corrected chi connectivity index (χ0v) is 14.1. The summed E-state index contributed by atoms with van der Waals surface area (Å²) < 4.78 is 0. The lowest BCUT2D eigenvalue weighted by Crippen LogP contribution is -2.48. The number of imide groups is 1. The fraction of sp³-hybridized carbons (Fsp3) is 0.375. The van der Waals surface area contributed by atoms with Crippen LogP contribution in [0.1, 0.15) is 41.0 Å². The van der Waals surface area contributed by atoms with E-state index in [9.17, 15) is 14.4 Å². The molecule has 3 amide bonds. The SMILES string of the molecule is CC(C)CC(C(=O)Nc1nnn(C)n1)N1C(=O)c2ccccc2C1=O. The van der Waals surface area contributed by atoms with E-state index < -0.39 is 23.8 Å². The van der Waals surface area contributed by atoms with Crippen LogP contribution in [-0.4, -0.2) is 48.9 Å². The minimum absolute atomic E-state index is 0.0258. The standard InChI is InChI=1S/C16H18N6O3/c1-9(2)8-12(13(23)17-16-18-20-21(3)19-16)22-14(24)10-6-4-5-7-11(10)15(22)25/h4-7,9,12H,8H2,1-3H3,(H,17,19,23). The molecular weight excluding hydrogens is 324 g/mol. The van der Waals surface area contributed by atoms with Crippen molar-refractivity contribution in [2.75, 3.05) is 5.32 Å². The molecule has 1 aromatic heterocycles. The van der Waals surface area contributed by atoms with Crippen LogP contribution in [0.3, 0.4) is 0 Å². The van der Waals surface area contributed by atoms with Crippen LogP contribution in [-0.2, 0) is 11.8 Å². The van der Waals surface area contributed by atoms with Gasteiger partial charge in [0, 0.05) is 0 Å². The highest BCUT2D eigenvalue weighted by atomic mass is 16.2. The molecule has 1 atom stereocenters. The van der Waals surface area contributed by atoms with Gasteiger partial charge in [0.25, 0.3) is 17.8 Å². The monoisotopic (exact) mass is 342 g/mol. The zero-order chi connectivity index (χ0) is 18.1. The van der Waals surface area contributed by atoms with Gasteiger partial charge in [-0.25, -0.2) is 0 Å². The lowest BCUT2D eigenvalue weighted by Gasteiger charge is -2.26. The van der Waals surface area contributed by atoms with Crippen molar-refractivity contribution in [1.82, 2.24) is 25.1 Å². The lowest BCUT2D eigenvalue weighted by molar-refractivity contribution is -0.120. The Morgan fingerprint density at radius 2 is 1.76 bits per heavy atom. The summed E-state index contributed by atoms with van der Waals surface area (Å²) in [5.74, 6) is -1.33. The molecular formula is C16H18N6O3. The number of amides is 3. The fourth-order valence-corrected chi connectivity index (χ4v) is 2.79. The summed E-state index contributed by atoms with van der Waals surface area (Å²) in [6.45, 7) is 3.83. The second-order valence-electron chi connectivity index (χ2n) is 6.26. The summed E-state index contributed by atoms with van der Waals surface area (Å²) in [7, 11) is 1.57. The molecule has 25 heavy (non-hydrogen) atoms. The largest absolute Gasteiger partial charge is 0.290 e. The maximum Gasteiger partial charge on any atom is 0.270 e.